The van der Waals surface area contributed by atoms with Gasteiger partial charge in [0.2, 0.25) is 5.66 Å². The van der Waals surface area contributed by atoms with Crippen molar-refractivity contribution in [2.45, 2.75) is 5.66 Å². The number of hydrogen-bond acceptors (Lipinski definition) is 4. The van der Waals surface area contributed by atoms with Crippen molar-refractivity contribution in [3.8, 4) is 6.07 Å². The molecule has 4 rings (SSSR count). The zero-order valence-corrected chi connectivity index (χ0v) is 18.0. The molecule has 2 N–H and O–H groups in total. The number of nitrogen functional groups attached to an aromatic ring is 1. The van der Waals surface area contributed by atoms with E-state index in [1.165, 1.54) is 11.3 Å². The van der Waals surface area contributed by atoms with Crippen LogP contribution >= 0.6 is 18.6 Å². The molecule has 0 aliphatic heterocycles. The minimum Gasteiger partial charge on any atom is -1.00 e. The first-order chi connectivity index (χ1) is 13.8. The van der Waals surface area contributed by atoms with Gasteiger partial charge in [0.1, 0.15) is 35.1 Å². The first-order valence-electron chi connectivity index (χ1n) is 8.93. The second kappa shape index (κ2) is 9.20. The smallest absolute Gasteiger partial charge is 0.219 e. The van der Waals surface area contributed by atoms with Crippen LogP contribution in [0.2, 0.25) is 0 Å². The second-order valence-electron chi connectivity index (χ2n) is 6.37. The van der Waals surface area contributed by atoms with Gasteiger partial charge in [0.15, 0.2) is 5.01 Å². The van der Waals surface area contributed by atoms with E-state index in [0.29, 0.717) is 5.82 Å². The molecule has 0 spiro atoms. The van der Waals surface area contributed by atoms with Crippen LogP contribution < -0.4 is 34.1 Å². The van der Waals surface area contributed by atoms with E-state index in [-0.39, 0.29) is 12.4 Å². The molecule has 3 nitrogen and oxygen atoms in total. The Kier molecular flexibility index (Phi) is 6.67. The number of anilines is 1. The van der Waals surface area contributed by atoms with Crippen molar-refractivity contribution in [2.24, 2.45) is 0 Å². The lowest BCUT2D eigenvalue weighted by molar-refractivity contribution is -0.00000572. The van der Waals surface area contributed by atoms with Gasteiger partial charge in [-0.25, -0.2) is 4.98 Å². The van der Waals surface area contributed by atoms with Crippen LogP contribution in [0.3, 0.4) is 0 Å². The van der Waals surface area contributed by atoms with Crippen molar-refractivity contribution < 1.29 is 12.4 Å². The van der Waals surface area contributed by atoms with Gasteiger partial charge >= 0.3 is 0 Å². The van der Waals surface area contributed by atoms with Gasteiger partial charge < -0.3 is 18.1 Å². The first kappa shape index (κ1) is 21.0. The molecule has 29 heavy (non-hydrogen) atoms. The molecule has 1 unspecified atom stereocenters. The summed E-state index contributed by atoms with van der Waals surface area (Å²) in [6, 6.07) is 33.7. The minimum atomic E-state index is -2.34. The predicted molar refractivity (Wildman–Crippen MR) is 120 cm³/mol. The topological polar surface area (TPSA) is 62.7 Å². The Bertz CT molecular complexity index is 999. The molecule has 0 fully saturated rings. The molecule has 0 aliphatic carbocycles. The lowest BCUT2D eigenvalue weighted by Crippen LogP contribution is -3.00. The molecule has 0 radical (unpaired) electrons. The first-order valence-corrected chi connectivity index (χ1v) is 11.7. The number of nitrogens with zero attached hydrogens (tertiary/aromatic N) is 2. The van der Waals surface area contributed by atoms with E-state index in [1.54, 1.807) is 0 Å². The Morgan fingerprint density at radius 1 is 0.793 bits per heavy atom. The van der Waals surface area contributed by atoms with Crippen LogP contribution in [0.15, 0.2) is 96.4 Å². The van der Waals surface area contributed by atoms with E-state index in [0.717, 1.165) is 20.9 Å². The Hall–Kier alpha value is -2.70. The molecule has 144 valence electrons. The number of nitriles is 1. The molecule has 3 aromatic carbocycles. The zero-order chi connectivity index (χ0) is 19.4. The van der Waals surface area contributed by atoms with E-state index < -0.39 is 12.9 Å². The summed E-state index contributed by atoms with van der Waals surface area (Å²) in [5, 5.41) is 16.5. The molecule has 0 saturated carbocycles. The summed E-state index contributed by atoms with van der Waals surface area (Å²) in [6.07, 6.45) is 0. The summed E-state index contributed by atoms with van der Waals surface area (Å²) in [5.74, 6) is 0.465. The molecular weight excluding hydrogens is 417 g/mol. The highest BCUT2D eigenvalue weighted by atomic mass is 35.5. The Labute approximate surface area is 181 Å². The molecule has 1 heterocycles. The summed E-state index contributed by atoms with van der Waals surface area (Å²) < 4.78 is 0. The van der Waals surface area contributed by atoms with Gasteiger partial charge in [-0.2, -0.15) is 5.26 Å². The van der Waals surface area contributed by atoms with E-state index in [9.17, 15) is 5.26 Å². The Balaban J connectivity index is 0.00000240. The van der Waals surface area contributed by atoms with Gasteiger partial charge in [0.05, 0.1) is 0 Å². The maximum Gasteiger partial charge on any atom is 0.219 e. The lowest BCUT2D eigenvalue weighted by atomic mass is 10.3. The molecule has 1 atom stereocenters. The Morgan fingerprint density at radius 2 is 1.21 bits per heavy atom. The Morgan fingerprint density at radius 3 is 1.52 bits per heavy atom. The van der Waals surface area contributed by atoms with Crippen LogP contribution in [-0.2, 0) is 0 Å². The molecule has 6 heteroatoms. The highest BCUT2D eigenvalue weighted by molar-refractivity contribution is 7.96. The minimum absolute atomic E-state index is 0. The van der Waals surface area contributed by atoms with Crippen molar-refractivity contribution in [1.29, 1.82) is 5.26 Å². The third-order valence-corrected chi connectivity index (χ3v) is 10.3. The predicted octanol–water partition coefficient (Wildman–Crippen LogP) is 1.29. The number of benzene rings is 3. The average molecular weight is 436 g/mol. The fraction of sp³-hybridized carbons (Fsp3) is 0.0435. The van der Waals surface area contributed by atoms with Gasteiger partial charge in [-0.15, -0.1) is 11.3 Å². The van der Waals surface area contributed by atoms with Gasteiger partial charge in [0, 0.05) is 5.38 Å². The van der Waals surface area contributed by atoms with Crippen LogP contribution in [0.25, 0.3) is 0 Å². The highest BCUT2D eigenvalue weighted by Crippen LogP contribution is 2.66. The average Bonchev–Trinajstić information content (AvgIpc) is 3.19. The van der Waals surface area contributed by atoms with E-state index in [4.69, 9.17) is 5.73 Å². The largest absolute Gasteiger partial charge is 1.00 e. The second-order valence-corrected chi connectivity index (χ2v) is 10.8. The third-order valence-electron chi connectivity index (χ3n) is 4.77. The SMILES string of the molecule is N#CC(c1nc(N)cs1)[P+](c1ccccc1)(c1ccccc1)c1ccccc1.[Cl-]. The summed E-state index contributed by atoms with van der Waals surface area (Å²) in [4.78, 5) is 4.53. The van der Waals surface area contributed by atoms with Crippen LogP contribution in [-0.4, -0.2) is 4.98 Å². The number of nitrogens with two attached hydrogens (primary N) is 1. The summed E-state index contributed by atoms with van der Waals surface area (Å²) in [5.41, 5.74) is 5.52. The summed E-state index contributed by atoms with van der Waals surface area (Å²) in [6.45, 7) is 0. The third kappa shape index (κ3) is 3.78. The van der Waals surface area contributed by atoms with Gasteiger partial charge in [-0.1, -0.05) is 54.6 Å². The summed E-state index contributed by atoms with van der Waals surface area (Å²) >= 11 is 1.46. The van der Waals surface area contributed by atoms with Crippen LogP contribution in [0.1, 0.15) is 10.7 Å². The number of aromatic nitrogens is 1. The van der Waals surface area contributed by atoms with Crippen LogP contribution in [0.4, 0.5) is 5.82 Å². The van der Waals surface area contributed by atoms with Gasteiger partial charge in [-0.05, 0) is 36.4 Å². The van der Waals surface area contributed by atoms with Crippen molar-refractivity contribution in [3.63, 3.8) is 0 Å². The van der Waals surface area contributed by atoms with Gasteiger partial charge in [-0.3, -0.25) is 0 Å². The number of thiazole rings is 1. The highest BCUT2D eigenvalue weighted by Gasteiger charge is 2.54. The number of hydrogen-bond donors (Lipinski definition) is 1. The monoisotopic (exact) mass is 435 g/mol. The molecule has 0 bridgehead atoms. The van der Waals surface area contributed by atoms with Crippen LogP contribution in [0, 0.1) is 11.3 Å². The van der Waals surface area contributed by atoms with Crippen molar-refractivity contribution in [2.75, 3.05) is 5.73 Å². The fourth-order valence-electron chi connectivity index (χ4n) is 3.62. The van der Waals surface area contributed by atoms with E-state index in [2.05, 4.69) is 47.5 Å². The maximum atomic E-state index is 10.4. The fourth-order valence-corrected chi connectivity index (χ4v) is 9.19. The molecule has 0 saturated heterocycles. The molecule has 0 amide bonds. The van der Waals surface area contributed by atoms with Crippen molar-refractivity contribution in [3.05, 3.63) is 101 Å². The molecular formula is C23H19ClN3PS. The summed E-state index contributed by atoms with van der Waals surface area (Å²) in [7, 11) is -2.34. The molecule has 0 aliphatic rings. The van der Waals surface area contributed by atoms with Crippen molar-refractivity contribution in [1.82, 2.24) is 4.98 Å². The maximum absolute atomic E-state index is 10.4. The molecule has 4 aromatic rings. The normalized spacial score (nSPS) is 11.8. The lowest BCUT2D eigenvalue weighted by Gasteiger charge is -2.30. The quantitative estimate of drug-likeness (QED) is 0.480. The van der Waals surface area contributed by atoms with E-state index >= 15 is 0 Å². The van der Waals surface area contributed by atoms with E-state index in [1.807, 2.05) is 60.0 Å². The number of rotatable bonds is 5. The molecule has 1 aromatic heterocycles. The van der Waals surface area contributed by atoms with Crippen LogP contribution in [0.5, 0.6) is 0 Å². The zero-order valence-electron chi connectivity index (χ0n) is 15.5. The standard InChI is InChI=1S/C23H19N3PS.ClH/c24-16-21(23-26-22(25)17-28-23)27(18-10-4-1-5-11-18,19-12-6-2-7-13-19)20-14-8-3-9-15-20;/h1-15,17,21H,25H2;1H/q+1;/p-1. The number of halogens is 1. The van der Waals surface area contributed by atoms with Crippen molar-refractivity contribution >= 4 is 40.3 Å². The van der Waals surface area contributed by atoms with Gasteiger partial charge in [0.25, 0.3) is 0 Å².